The predicted octanol–water partition coefficient (Wildman–Crippen LogP) is 2.48. The van der Waals surface area contributed by atoms with Gasteiger partial charge < -0.3 is 10.4 Å². The van der Waals surface area contributed by atoms with Gasteiger partial charge in [-0.25, -0.2) is 0 Å². The van der Waals surface area contributed by atoms with Crippen molar-refractivity contribution in [2.24, 2.45) is 5.92 Å². The van der Waals surface area contributed by atoms with E-state index in [2.05, 4.69) is 10.4 Å². The summed E-state index contributed by atoms with van der Waals surface area (Å²) in [6.07, 6.45) is 6.14. The van der Waals surface area contributed by atoms with Crippen LogP contribution in [-0.4, -0.2) is 33.4 Å². The van der Waals surface area contributed by atoms with E-state index in [1.165, 1.54) is 6.42 Å². The lowest BCUT2D eigenvalue weighted by Crippen LogP contribution is -2.44. The maximum Gasteiger partial charge on any atom is 0.276 e. The number of aryl methyl sites for hydroxylation is 1. The van der Waals surface area contributed by atoms with Crippen molar-refractivity contribution in [3.63, 3.8) is 0 Å². The van der Waals surface area contributed by atoms with Gasteiger partial charge in [0, 0.05) is 24.6 Å². The Morgan fingerprint density at radius 1 is 1.31 bits per heavy atom. The number of para-hydroxylation sites is 1. The summed E-state index contributed by atoms with van der Waals surface area (Å²) in [6, 6.07) is 7.10. The molecule has 0 saturated heterocycles. The Hall–Kier alpha value is -2.21. The predicted molar refractivity (Wildman–Crippen MR) is 101 cm³/mol. The molecule has 2 N–H and O–H groups in total. The summed E-state index contributed by atoms with van der Waals surface area (Å²) in [5, 5.41) is 17.2. The topological polar surface area (TPSA) is 84.2 Å². The average molecular weight is 357 g/mol. The molecule has 0 radical (unpaired) electrons. The molecule has 1 heterocycles. The van der Waals surface area contributed by atoms with E-state index >= 15 is 0 Å². The lowest BCUT2D eigenvalue weighted by atomic mass is 9.82. The summed E-state index contributed by atoms with van der Waals surface area (Å²) in [5.41, 5.74) is 0.328. The van der Waals surface area contributed by atoms with Gasteiger partial charge in [-0.1, -0.05) is 31.4 Å². The van der Waals surface area contributed by atoms with Gasteiger partial charge in [-0.05, 0) is 44.2 Å². The van der Waals surface area contributed by atoms with E-state index in [1.807, 2.05) is 19.1 Å². The van der Waals surface area contributed by atoms with Gasteiger partial charge in [0.05, 0.1) is 5.52 Å². The van der Waals surface area contributed by atoms with Crippen LogP contribution in [0.1, 0.15) is 55.9 Å². The largest absolute Gasteiger partial charge is 0.396 e. The molecule has 1 aliphatic carbocycles. The SMILES string of the molecule is CCn1nc(C(=O)NC(CCO)C2CCCCC2)c(=O)c2ccccc21. The third-order valence-corrected chi connectivity index (χ3v) is 5.35. The van der Waals surface area contributed by atoms with Crippen LogP contribution in [-0.2, 0) is 6.54 Å². The highest BCUT2D eigenvalue weighted by Gasteiger charge is 2.27. The van der Waals surface area contributed by atoms with Crippen LogP contribution in [0.4, 0.5) is 0 Å². The van der Waals surface area contributed by atoms with Crippen LogP contribution in [0.5, 0.6) is 0 Å². The molecule has 1 aromatic carbocycles. The van der Waals surface area contributed by atoms with Crippen LogP contribution in [0.2, 0.25) is 0 Å². The first-order valence-corrected chi connectivity index (χ1v) is 9.57. The number of hydrogen-bond acceptors (Lipinski definition) is 4. The van der Waals surface area contributed by atoms with Gasteiger partial charge in [-0.15, -0.1) is 0 Å². The zero-order valence-electron chi connectivity index (χ0n) is 15.3. The minimum Gasteiger partial charge on any atom is -0.396 e. The van der Waals surface area contributed by atoms with Gasteiger partial charge in [0.1, 0.15) is 0 Å². The standard InChI is InChI=1S/C20H27N3O3/c1-2-23-17-11-7-6-10-15(17)19(25)18(22-23)20(26)21-16(12-13-24)14-8-4-3-5-9-14/h6-7,10-11,14,16,24H,2-5,8-9,12-13H2,1H3,(H,21,26). The summed E-state index contributed by atoms with van der Waals surface area (Å²) < 4.78 is 1.69. The number of amides is 1. The first-order valence-electron chi connectivity index (χ1n) is 9.57. The molecule has 1 atom stereocenters. The zero-order valence-corrected chi connectivity index (χ0v) is 15.3. The second-order valence-corrected chi connectivity index (χ2v) is 7.00. The van der Waals surface area contributed by atoms with E-state index in [0.29, 0.717) is 24.3 Å². The van der Waals surface area contributed by atoms with E-state index in [4.69, 9.17) is 0 Å². The molecule has 1 saturated carbocycles. The number of aliphatic hydroxyl groups excluding tert-OH is 1. The van der Waals surface area contributed by atoms with Crippen molar-refractivity contribution in [3.8, 4) is 0 Å². The number of nitrogens with zero attached hydrogens (tertiary/aromatic N) is 2. The average Bonchev–Trinajstić information content (AvgIpc) is 2.69. The van der Waals surface area contributed by atoms with Crippen molar-refractivity contribution in [1.82, 2.24) is 15.1 Å². The number of nitrogens with one attached hydrogen (secondary N) is 1. The quantitative estimate of drug-likeness (QED) is 0.832. The summed E-state index contributed by atoms with van der Waals surface area (Å²) in [7, 11) is 0. The molecule has 1 aromatic heterocycles. The molecular formula is C20H27N3O3. The van der Waals surface area contributed by atoms with Crippen LogP contribution in [0.25, 0.3) is 10.9 Å². The van der Waals surface area contributed by atoms with Gasteiger partial charge in [0.15, 0.2) is 5.69 Å². The first kappa shape index (κ1) is 18.6. The fourth-order valence-electron chi connectivity index (χ4n) is 3.97. The van der Waals surface area contributed by atoms with Crippen LogP contribution in [0.15, 0.2) is 29.1 Å². The Morgan fingerprint density at radius 3 is 2.73 bits per heavy atom. The van der Waals surface area contributed by atoms with Crippen LogP contribution in [0.3, 0.4) is 0 Å². The Morgan fingerprint density at radius 2 is 2.04 bits per heavy atom. The zero-order chi connectivity index (χ0) is 18.5. The maximum absolute atomic E-state index is 12.8. The summed E-state index contributed by atoms with van der Waals surface area (Å²) in [4.78, 5) is 25.6. The van der Waals surface area contributed by atoms with Crippen molar-refractivity contribution in [3.05, 3.63) is 40.2 Å². The summed E-state index contributed by atoms with van der Waals surface area (Å²) in [5.74, 6) is -0.0827. The van der Waals surface area contributed by atoms with E-state index in [0.717, 1.165) is 31.2 Å². The number of aliphatic hydroxyl groups is 1. The molecule has 6 heteroatoms. The first-order chi connectivity index (χ1) is 12.7. The number of hydrogen-bond donors (Lipinski definition) is 2. The Kier molecular flexibility index (Phi) is 6.04. The number of rotatable bonds is 6. The normalized spacial score (nSPS) is 16.5. The van der Waals surface area contributed by atoms with E-state index < -0.39 is 5.91 Å². The fraction of sp³-hybridized carbons (Fsp3) is 0.550. The van der Waals surface area contributed by atoms with Crippen molar-refractivity contribution >= 4 is 16.8 Å². The smallest absolute Gasteiger partial charge is 0.276 e. The molecule has 0 bridgehead atoms. The van der Waals surface area contributed by atoms with Crippen molar-refractivity contribution in [2.75, 3.05) is 6.61 Å². The molecular weight excluding hydrogens is 330 g/mol. The third-order valence-electron chi connectivity index (χ3n) is 5.35. The molecule has 3 rings (SSSR count). The molecule has 0 spiro atoms. The number of benzene rings is 1. The molecule has 1 aliphatic rings. The summed E-state index contributed by atoms with van der Waals surface area (Å²) >= 11 is 0. The van der Waals surface area contributed by atoms with E-state index in [9.17, 15) is 14.7 Å². The lowest BCUT2D eigenvalue weighted by Gasteiger charge is -2.30. The van der Waals surface area contributed by atoms with E-state index in [1.54, 1.807) is 16.8 Å². The minimum atomic E-state index is -0.438. The number of fused-ring (bicyclic) bond motifs is 1. The molecule has 6 nitrogen and oxygen atoms in total. The number of carbonyl (C=O) groups is 1. The molecule has 0 aliphatic heterocycles. The van der Waals surface area contributed by atoms with Gasteiger partial charge >= 0.3 is 0 Å². The molecule has 2 aromatic rings. The van der Waals surface area contributed by atoms with Gasteiger partial charge in [0.2, 0.25) is 5.43 Å². The minimum absolute atomic E-state index is 0.0196. The number of carbonyl (C=O) groups excluding carboxylic acids is 1. The monoisotopic (exact) mass is 357 g/mol. The van der Waals surface area contributed by atoms with Gasteiger partial charge in [-0.3, -0.25) is 14.3 Å². The Bertz CT molecular complexity index is 825. The highest BCUT2D eigenvalue weighted by molar-refractivity contribution is 5.95. The second-order valence-electron chi connectivity index (χ2n) is 7.00. The Balaban J connectivity index is 1.90. The molecule has 140 valence electrons. The van der Waals surface area contributed by atoms with Crippen molar-refractivity contribution < 1.29 is 9.90 Å². The molecule has 1 amide bonds. The van der Waals surface area contributed by atoms with Crippen molar-refractivity contribution in [1.29, 1.82) is 0 Å². The molecule has 1 fully saturated rings. The van der Waals surface area contributed by atoms with Crippen molar-refractivity contribution in [2.45, 2.75) is 58.0 Å². The van der Waals surface area contributed by atoms with Gasteiger partial charge in [0.25, 0.3) is 5.91 Å². The highest BCUT2D eigenvalue weighted by Crippen LogP contribution is 2.27. The molecule has 1 unspecified atom stereocenters. The van der Waals surface area contributed by atoms with Gasteiger partial charge in [-0.2, -0.15) is 5.10 Å². The van der Waals surface area contributed by atoms with Crippen LogP contribution >= 0.6 is 0 Å². The number of aromatic nitrogens is 2. The fourth-order valence-corrected chi connectivity index (χ4v) is 3.97. The maximum atomic E-state index is 12.8. The van der Waals surface area contributed by atoms with Crippen LogP contribution in [0, 0.1) is 5.92 Å². The highest BCUT2D eigenvalue weighted by atomic mass is 16.3. The second kappa shape index (κ2) is 8.45. The van der Waals surface area contributed by atoms with Crippen LogP contribution < -0.4 is 10.7 Å². The lowest BCUT2D eigenvalue weighted by molar-refractivity contribution is 0.0891. The Labute approximate surface area is 153 Å². The molecule has 26 heavy (non-hydrogen) atoms. The van der Waals surface area contributed by atoms with E-state index in [-0.39, 0.29) is 23.8 Å². The third kappa shape index (κ3) is 3.80. The summed E-state index contributed by atoms with van der Waals surface area (Å²) in [6.45, 7) is 2.53.